The van der Waals surface area contributed by atoms with Gasteiger partial charge in [-0.25, -0.2) is 4.98 Å². The Bertz CT molecular complexity index is 255. The summed E-state index contributed by atoms with van der Waals surface area (Å²) in [6.07, 6.45) is 3.07. The molecule has 0 amide bonds. The van der Waals surface area contributed by atoms with E-state index in [-0.39, 0.29) is 12.1 Å². The molecule has 1 aromatic rings. The predicted octanol–water partition coefficient (Wildman–Crippen LogP) is 0.800. The first kappa shape index (κ1) is 9.12. The molecule has 3 nitrogen and oxygen atoms in total. The van der Waals surface area contributed by atoms with E-state index < -0.39 is 0 Å². The first-order valence-corrected chi connectivity index (χ1v) is 5.52. The lowest BCUT2D eigenvalue weighted by Gasteiger charge is -2.25. The Hall–Kier alpha value is -0.450. The van der Waals surface area contributed by atoms with Gasteiger partial charge in [0, 0.05) is 17.3 Å². The summed E-state index contributed by atoms with van der Waals surface area (Å²) in [5, 5.41) is 14.8. The average Bonchev–Trinajstić information content (AvgIpc) is 2.77. The molecule has 0 spiro atoms. The van der Waals surface area contributed by atoms with Crippen LogP contribution in [0.25, 0.3) is 0 Å². The lowest BCUT2D eigenvalue weighted by Crippen LogP contribution is -2.45. The summed E-state index contributed by atoms with van der Waals surface area (Å²) in [6.45, 7) is 1.23. The summed E-state index contributed by atoms with van der Waals surface area (Å²) in [5.41, 5.74) is 2.84. The Labute approximate surface area is 81.8 Å². The second-order valence-corrected chi connectivity index (χ2v) is 4.34. The zero-order valence-corrected chi connectivity index (χ0v) is 8.31. The van der Waals surface area contributed by atoms with E-state index in [9.17, 15) is 5.11 Å². The number of nitrogens with zero attached hydrogens (tertiary/aromatic N) is 1. The normalized spacial score (nSPS) is 28.1. The molecule has 1 fully saturated rings. The number of nitrogens with one attached hydrogen (secondary N) is 1. The third-order valence-corrected chi connectivity index (χ3v) is 3.27. The fourth-order valence-electron chi connectivity index (χ4n) is 1.88. The van der Waals surface area contributed by atoms with E-state index in [1.54, 1.807) is 11.3 Å². The van der Waals surface area contributed by atoms with Crippen LogP contribution in [0.3, 0.4) is 0 Å². The molecule has 1 saturated heterocycles. The van der Waals surface area contributed by atoms with Crippen molar-refractivity contribution in [1.82, 2.24) is 10.3 Å². The van der Waals surface area contributed by atoms with Crippen molar-refractivity contribution in [1.29, 1.82) is 0 Å². The second-order valence-electron chi connectivity index (χ2n) is 3.63. The van der Waals surface area contributed by atoms with E-state index in [0.29, 0.717) is 0 Å². The molecule has 0 radical (unpaired) electrons. The van der Waals surface area contributed by atoms with Crippen molar-refractivity contribution in [2.75, 3.05) is 13.2 Å². The summed E-state index contributed by atoms with van der Waals surface area (Å²) in [6, 6.07) is 0. The van der Waals surface area contributed by atoms with Crippen LogP contribution in [0.2, 0.25) is 0 Å². The molecule has 72 valence electrons. The Morgan fingerprint density at radius 1 is 1.69 bits per heavy atom. The zero-order chi connectivity index (χ0) is 9.15. The quantitative estimate of drug-likeness (QED) is 0.755. The molecule has 0 aromatic carbocycles. The topological polar surface area (TPSA) is 45.2 Å². The molecule has 2 heterocycles. The minimum absolute atomic E-state index is 0.0892. The van der Waals surface area contributed by atoms with E-state index in [4.69, 9.17) is 0 Å². The van der Waals surface area contributed by atoms with Crippen LogP contribution in [0.1, 0.15) is 18.5 Å². The molecule has 2 N–H and O–H groups in total. The molecule has 13 heavy (non-hydrogen) atoms. The molecule has 1 atom stereocenters. The predicted molar refractivity (Wildman–Crippen MR) is 52.9 cm³/mol. The van der Waals surface area contributed by atoms with Gasteiger partial charge in [0.2, 0.25) is 0 Å². The fourth-order valence-corrected chi connectivity index (χ4v) is 2.44. The number of hydrogen-bond donors (Lipinski definition) is 2. The molecule has 0 saturated carbocycles. The van der Waals surface area contributed by atoms with Crippen LogP contribution in [0, 0.1) is 0 Å². The van der Waals surface area contributed by atoms with Crippen LogP contribution in [-0.4, -0.2) is 28.8 Å². The van der Waals surface area contributed by atoms with Crippen LogP contribution in [0.15, 0.2) is 10.9 Å². The summed E-state index contributed by atoms with van der Waals surface area (Å²) in [4.78, 5) is 4.24. The number of thiazole rings is 1. The van der Waals surface area contributed by atoms with Gasteiger partial charge in [-0.2, -0.15) is 0 Å². The first-order chi connectivity index (χ1) is 6.35. The molecule has 0 bridgehead atoms. The number of aromatic nitrogens is 1. The summed E-state index contributed by atoms with van der Waals surface area (Å²) < 4.78 is 0. The molecule has 1 aliphatic heterocycles. The maximum absolute atomic E-state index is 9.33. The van der Waals surface area contributed by atoms with E-state index in [1.807, 2.05) is 5.51 Å². The number of hydrogen-bond acceptors (Lipinski definition) is 4. The largest absolute Gasteiger partial charge is 0.394 e. The van der Waals surface area contributed by atoms with Gasteiger partial charge in [0.25, 0.3) is 0 Å². The van der Waals surface area contributed by atoms with Gasteiger partial charge >= 0.3 is 0 Å². The summed E-state index contributed by atoms with van der Waals surface area (Å²) in [5.74, 6) is 0. The van der Waals surface area contributed by atoms with Crippen molar-refractivity contribution in [3.05, 3.63) is 16.6 Å². The third-order valence-electron chi connectivity index (χ3n) is 2.64. The van der Waals surface area contributed by atoms with Crippen LogP contribution in [-0.2, 0) is 6.42 Å². The monoisotopic (exact) mass is 198 g/mol. The second kappa shape index (κ2) is 3.74. The number of aliphatic hydroxyl groups excluding tert-OH is 1. The molecule has 1 unspecified atom stereocenters. The van der Waals surface area contributed by atoms with E-state index in [2.05, 4.69) is 15.7 Å². The van der Waals surface area contributed by atoms with E-state index in [1.165, 1.54) is 0 Å². The zero-order valence-electron chi connectivity index (χ0n) is 7.49. The Morgan fingerprint density at radius 3 is 3.15 bits per heavy atom. The van der Waals surface area contributed by atoms with Crippen LogP contribution >= 0.6 is 11.3 Å². The fraction of sp³-hybridized carbons (Fsp3) is 0.667. The lowest BCUT2D eigenvalue weighted by molar-refractivity contribution is 0.176. The summed E-state index contributed by atoms with van der Waals surface area (Å²) >= 11 is 1.61. The maximum Gasteiger partial charge on any atom is 0.0794 e. The molecule has 0 aliphatic carbocycles. The van der Waals surface area contributed by atoms with Crippen molar-refractivity contribution < 1.29 is 5.11 Å². The maximum atomic E-state index is 9.33. The molecule has 2 rings (SSSR count). The van der Waals surface area contributed by atoms with Gasteiger partial charge in [0.15, 0.2) is 0 Å². The molecule has 1 aromatic heterocycles. The average molecular weight is 198 g/mol. The Balaban J connectivity index is 2.06. The summed E-state index contributed by atoms with van der Waals surface area (Å²) in [7, 11) is 0. The smallest absolute Gasteiger partial charge is 0.0794 e. The van der Waals surface area contributed by atoms with Gasteiger partial charge in [-0.05, 0) is 19.4 Å². The van der Waals surface area contributed by atoms with E-state index in [0.717, 1.165) is 31.5 Å². The van der Waals surface area contributed by atoms with Crippen LogP contribution in [0.5, 0.6) is 0 Å². The Morgan fingerprint density at radius 2 is 2.62 bits per heavy atom. The van der Waals surface area contributed by atoms with Crippen molar-refractivity contribution in [3.8, 4) is 0 Å². The lowest BCUT2D eigenvalue weighted by atomic mass is 9.93. The van der Waals surface area contributed by atoms with Gasteiger partial charge in [0.1, 0.15) is 0 Å². The SMILES string of the molecule is OCC1(Cc2cscn2)CCCN1. The van der Waals surface area contributed by atoms with E-state index >= 15 is 0 Å². The third kappa shape index (κ3) is 1.90. The van der Waals surface area contributed by atoms with Crippen molar-refractivity contribution in [2.24, 2.45) is 0 Å². The van der Waals surface area contributed by atoms with Crippen LogP contribution in [0.4, 0.5) is 0 Å². The minimum Gasteiger partial charge on any atom is -0.394 e. The van der Waals surface area contributed by atoms with Gasteiger partial charge < -0.3 is 10.4 Å². The van der Waals surface area contributed by atoms with Crippen LogP contribution < -0.4 is 5.32 Å². The Kier molecular flexibility index (Phi) is 2.62. The highest BCUT2D eigenvalue weighted by Crippen LogP contribution is 2.23. The highest BCUT2D eigenvalue weighted by molar-refractivity contribution is 7.07. The van der Waals surface area contributed by atoms with Gasteiger partial charge in [-0.15, -0.1) is 11.3 Å². The standard InChI is InChI=1S/C9H14N2OS/c12-6-9(2-1-3-11-9)4-8-5-13-7-10-8/h5,7,11-12H,1-4,6H2. The number of rotatable bonds is 3. The minimum atomic E-state index is -0.0892. The first-order valence-electron chi connectivity index (χ1n) is 4.58. The van der Waals surface area contributed by atoms with Gasteiger partial charge in [0.05, 0.1) is 17.8 Å². The molecular weight excluding hydrogens is 184 g/mol. The highest BCUT2D eigenvalue weighted by atomic mass is 32.1. The molecule has 4 heteroatoms. The van der Waals surface area contributed by atoms with Gasteiger partial charge in [-0.1, -0.05) is 0 Å². The van der Waals surface area contributed by atoms with Crippen molar-refractivity contribution >= 4 is 11.3 Å². The van der Waals surface area contributed by atoms with Gasteiger partial charge in [-0.3, -0.25) is 0 Å². The molecule has 1 aliphatic rings. The van der Waals surface area contributed by atoms with Crippen molar-refractivity contribution in [3.63, 3.8) is 0 Å². The number of aliphatic hydroxyl groups is 1. The van der Waals surface area contributed by atoms with Crippen molar-refractivity contribution in [2.45, 2.75) is 24.8 Å². The molecular formula is C9H14N2OS. The highest BCUT2D eigenvalue weighted by Gasteiger charge is 2.33.